The fourth-order valence-electron chi connectivity index (χ4n) is 6.23. The van der Waals surface area contributed by atoms with Crippen molar-refractivity contribution in [2.24, 2.45) is 17.8 Å². The average Bonchev–Trinajstić information content (AvgIpc) is 3.36. The molecule has 2 amide bonds. The Kier molecular flexibility index (Phi) is 6.50. The molecule has 7 heteroatoms. The molecule has 5 rings (SSSR count). The summed E-state index contributed by atoms with van der Waals surface area (Å²) >= 11 is 0. The summed E-state index contributed by atoms with van der Waals surface area (Å²) in [4.78, 5) is 36.7. The zero-order chi connectivity index (χ0) is 24.5. The van der Waals surface area contributed by atoms with Crippen LogP contribution in [0.15, 0.2) is 48.5 Å². The van der Waals surface area contributed by atoms with E-state index in [1.807, 2.05) is 31.2 Å². The van der Waals surface area contributed by atoms with Crippen molar-refractivity contribution in [2.45, 2.75) is 57.0 Å². The lowest BCUT2D eigenvalue weighted by Crippen LogP contribution is -2.50. The number of benzene rings is 2. The van der Waals surface area contributed by atoms with Gasteiger partial charge in [-0.05, 0) is 59.8 Å². The molecule has 3 aliphatic carbocycles. The maximum atomic E-state index is 12.6. The molecule has 2 fully saturated rings. The van der Waals surface area contributed by atoms with Crippen LogP contribution < -0.4 is 10.6 Å². The van der Waals surface area contributed by atoms with Crippen LogP contribution in [-0.4, -0.2) is 41.8 Å². The number of nitrogens with one attached hydrogen (secondary N) is 2. The van der Waals surface area contributed by atoms with Gasteiger partial charge >= 0.3 is 12.1 Å². The molecule has 0 aromatic heterocycles. The molecule has 4 unspecified atom stereocenters. The molecule has 0 saturated heterocycles. The lowest BCUT2D eigenvalue weighted by Gasteiger charge is -2.40. The van der Waals surface area contributed by atoms with Gasteiger partial charge in [0.05, 0.1) is 0 Å². The van der Waals surface area contributed by atoms with E-state index in [9.17, 15) is 19.5 Å². The van der Waals surface area contributed by atoms with Crippen LogP contribution in [0.4, 0.5) is 4.79 Å². The van der Waals surface area contributed by atoms with Crippen molar-refractivity contribution in [1.82, 2.24) is 10.6 Å². The molecule has 35 heavy (non-hydrogen) atoms. The van der Waals surface area contributed by atoms with Gasteiger partial charge in [-0.15, -0.1) is 0 Å². The Labute approximate surface area is 205 Å². The van der Waals surface area contributed by atoms with E-state index in [0.717, 1.165) is 12.8 Å². The molecule has 2 aromatic rings. The molecule has 0 radical (unpaired) electrons. The summed E-state index contributed by atoms with van der Waals surface area (Å²) < 4.78 is 5.68. The van der Waals surface area contributed by atoms with E-state index in [2.05, 4.69) is 34.9 Å². The number of carbonyl (C=O) groups is 3. The van der Waals surface area contributed by atoms with Crippen LogP contribution in [0.5, 0.6) is 0 Å². The molecule has 3 aliphatic rings. The second-order valence-electron chi connectivity index (χ2n) is 10.1. The number of hydrogen-bond acceptors (Lipinski definition) is 4. The van der Waals surface area contributed by atoms with Crippen molar-refractivity contribution in [1.29, 1.82) is 0 Å². The molecule has 3 N–H and O–H groups in total. The third kappa shape index (κ3) is 4.51. The van der Waals surface area contributed by atoms with Gasteiger partial charge in [0.25, 0.3) is 0 Å². The van der Waals surface area contributed by atoms with Crippen LogP contribution in [0.3, 0.4) is 0 Å². The Morgan fingerprint density at radius 1 is 1.00 bits per heavy atom. The fraction of sp³-hybridized carbons (Fsp3) is 0.464. The first-order valence-electron chi connectivity index (χ1n) is 12.6. The molecule has 2 aromatic carbocycles. The Bertz CT molecular complexity index is 1090. The predicted octanol–water partition coefficient (Wildman–Crippen LogP) is 4.31. The van der Waals surface area contributed by atoms with Crippen LogP contribution in [0.25, 0.3) is 11.1 Å². The Morgan fingerprint density at radius 2 is 1.66 bits per heavy atom. The number of rotatable bonds is 8. The number of ether oxygens (including phenoxy) is 1. The normalized spacial score (nSPS) is 24.9. The molecular formula is C28H32N2O5. The number of carbonyl (C=O) groups excluding carboxylic acids is 2. The van der Waals surface area contributed by atoms with E-state index in [-0.39, 0.29) is 36.3 Å². The quantitative estimate of drug-likeness (QED) is 0.527. The summed E-state index contributed by atoms with van der Waals surface area (Å²) in [6, 6.07) is 15.7. The molecule has 0 heterocycles. The van der Waals surface area contributed by atoms with E-state index in [0.29, 0.717) is 25.2 Å². The van der Waals surface area contributed by atoms with Gasteiger partial charge in [0.15, 0.2) is 0 Å². The Morgan fingerprint density at radius 3 is 2.29 bits per heavy atom. The summed E-state index contributed by atoms with van der Waals surface area (Å²) in [5, 5.41) is 15.0. The Hall–Kier alpha value is -3.35. The first-order chi connectivity index (χ1) is 17.0. The highest BCUT2D eigenvalue weighted by Gasteiger charge is 2.50. The third-order valence-electron chi connectivity index (χ3n) is 8.03. The highest BCUT2D eigenvalue weighted by Crippen LogP contribution is 2.50. The first kappa shape index (κ1) is 23.4. The van der Waals surface area contributed by atoms with Gasteiger partial charge in [0.1, 0.15) is 12.6 Å². The summed E-state index contributed by atoms with van der Waals surface area (Å²) in [5.74, 6) is -0.721. The Balaban J connectivity index is 1.13. The lowest BCUT2D eigenvalue weighted by atomic mass is 9.71. The predicted molar refractivity (Wildman–Crippen MR) is 131 cm³/mol. The molecule has 5 atom stereocenters. The smallest absolute Gasteiger partial charge is 0.407 e. The van der Waals surface area contributed by atoms with Crippen molar-refractivity contribution >= 4 is 18.0 Å². The van der Waals surface area contributed by atoms with Crippen LogP contribution in [0.1, 0.15) is 56.1 Å². The van der Waals surface area contributed by atoms with Gasteiger partial charge < -0.3 is 20.5 Å². The maximum Gasteiger partial charge on any atom is 0.407 e. The number of fused-ring (bicyclic) bond motifs is 4. The number of alkyl carbamates (subject to hydrolysis) is 1. The standard InChI is InChI=1S/C28H32N2O5/c1-2-7-24(27(32)33)29-26(31)17-12-16-14-25(22(16)13-17)30-28(34)35-15-23-20-10-5-3-8-18(20)19-9-4-6-11-21(19)23/h3-6,8-11,16-17,22-25H,2,7,12-15H2,1H3,(H,29,31)(H,30,34)(H,32,33)/t16?,17?,22?,24-,25?/m0/s1. The fourth-order valence-corrected chi connectivity index (χ4v) is 6.23. The van der Waals surface area contributed by atoms with Gasteiger partial charge in [0.2, 0.25) is 5.91 Å². The van der Waals surface area contributed by atoms with Crippen LogP contribution in [-0.2, 0) is 14.3 Å². The number of carboxylic acids is 1. The monoisotopic (exact) mass is 476 g/mol. The summed E-state index contributed by atoms with van der Waals surface area (Å²) in [6.07, 6.45) is 2.94. The van der Waals surface area contributed by atoms with Crippen molar-refractivity contribution in [2.75, 3.05) is 6.61 Å². The van der Waals surface area contributed by atoms with E-state index in [1.54, 1.807) is 0 Å². The van der Waals surface area contributed by atoms with E-state index < -0.39 is 18.1 Å². The van der Waals surface area contributed by atoms with E-state index >= 15 is 0 Å². The van der Waals surface area contributed by atoms with E-state index in [4.69, 9.17) is 4.74 Å². The molecule has 7 nitrogen and oxygen atoms in total. The molecule has 2 saturated carbocycles. The zero-order valence-electron chi connectivity index (χ0n) is 19.9. The summed E-state index contributed by atoms with van der Waals surface area (Å²) in [5.41, 5.74) is 4.74. The number of carboxylic acid groups (broad SMARTS) is 1. The molecule has 0 spiro atoms. The average molecular weight is 477 g/mol. The van der Waals surface area contributed by atoms with Crippen molar-refractivity contribution in [3.05, 3.63) is 59.7 Å². The number of aliphatic carboxylic acids is 1. The van der Waals surface area contributed by atoms with E-state index in [1.165, 1.54) is 22.3 Å². The molecule has 0 aliphatic heterocycles. The molecule has 0 bridgehead atoms. The van der Waals surface area contributed by atoms with Crippen molar-refractivity contribution in [3.8, 4) is 11.1 Å². The second kappa shape index (κ2) is 9.72. The van der Waals surface area contributed by atoms with Crippen molar-refractivity contribution < 1.29 is 24.2 Å². The van der Waals surface area contributed by atoms with Gasteiger partial charge in [-0.25, -0.2) is 9.59 Å². The van der Waals surface area contributed by atoms with Crippen molar-refractivity contribution in [3.63, 3.8) is 0 Å². The van der Waals surface area contributed by atoms with Crippen LogP contribution in [0, 0.1) is 17.8 Å². The van der Waals surface area contributed by atoms with Gasteiger partial charge in [0, 0.05) is 17.9 Å². The minimum Gasteiger partial charge on any atom is -0.480 e. The zero-order valence-corrected chi connectivity index (χ0v) is 19.9. The summed E-state index contributed by atoms with van der Waals surface area (Å²) in [7, 11) is 0. The van der Waals surface area contributed by atoms with Crippen LogP contribution >= 0.6 is 0 Å². The topological polar surface area (TPSA) is 105 Å². The van der Waals surface area contributed by atoms with Gasteiger partial charge in [-0.2, -0.15) is 0 Å². The molecule has 184 valence electrons. The largest absolute Gasteiger partial charge is 0.480 e. The van der Waals surface area contributed by atoms with Gasteiger partial charge in [-0.1, -0.05) is 61.9 Å². The number of amides is 2. The van der Waals surface area contributed by atoms with Gasteiger partial charge in [-0.3, -0.25) is 4.79 Å². The third-order valence-corrected chi connectivity index (χ3v) is 8.03. The number of hydrogen-bond donors (Lipinski definition) is 3. The first-order valence-corrected chi connectivity index (χ1v) is 12.6. The second-order valence-corrected chi connectivity index (χ2v) is 10.1. The molecular weight excluding hydrogens is 444 g/mol. The SMILES string of the molecule is CCC[C@H](NC(=O)C1CC2CC(NC(=O)OCC3c4ccccc4-c4ccccc43)C2C1)C(=O)O. The van der Waals surface area contributed by atoms with Crippen LogP contribution in [0.2, 0.25) is 0 Å². The highest BCUT2D eigenvalue weighted by molar-refractivity contribution is 5.85. The minimum absolute atomic E-state index is 0.000590. The minimum atomic E-state index is -0.990. The maximum absolute atomic E-state index is 12.6. The lowest BCUT2D eigenvalue weighted by molar-refractivity contribution is -0.142. The summed E-state index contributed by atoms with van der Waals surface area (Å²) in [6.45, 7) is 2.18. The highest BCUT2D eigenvalue weighted by atomic mass is 16.5.